The average Bonchev–Trinajstić information content (AvgIpc) is 3.16. The van der Waals surface area contributed by atoms with Gasteiger partial charge in [-0.1, -0.05) is 17.8 Å². The molecule has 9 heteroatoms. The van der Waals surface area contributed by atoms with Crippen molar-refractivity contribution in [3.05, 3.63) is 59.9 Å². The molecule has 0 aliphatic heterocycles. The third-order valence-electron chi connectivity index (χ3n) is 3.48. The van der Waals surface area contributed by atoms with E-state index < -0.39 is 5.97 Å². The number of benzene rings is 2. The molecule has 28 heavy (non-hydrogen) atoms. The number of rotatable bonds is 7. The first-order chi connectivity index (χ1) is 13.5. The second-order valence-electron chi connectivity index (χ2n) is 5.52. The lowest BCUT2D eigenvalue weighted by molar-refractivity contribution is -0.113. The fraction of sp³-hybridized carbons (Fsp3) is 0.158. The zero-order chi connectivity index (χ0) is 19.9. The minimum Gasteiger partial charge on any atom is -0.462 e. The molecule has 0 spiro atoms. The molecule has 0 radical (unpaired) electrons. The van der Waals surface area contributed by atoms with Gasteiger partial charge in [0, 0.05) is 11.3 Å². The van der Waals surface area contributed by atoms with Crippen LogP contribution in [0, 0.1) is 5.82 Å². The van der Waals surface area contributed by atoms with Crippen LogP contribution >= 0.6 is 11.8 Å². The maximum atomic E-state index is 13.0. The highest BCUT2D eigenvalue weighted by molar-refractivity contribution is 7.99. The Balaban J connectivity index is 1.56. The number of anilines is 1. The molecule has 7 nitrogen and oxygen atoms in total. The molecule has 1 aromatic heterocycles. The largest absolute Gasteiger partial charge is 0.462 e. The molecule has 0 bridgehead atoms. The summed E-state index contributed by atoms with van der Waals surface area (Å²) < 4.78 is 23.4. The van der Waals surface area contributed by atoms with Crippen molar-refractivity contribution in [1.82, 2.24) is 10.2 Å². The lowest BCUT2D eigenvalue weighted by Crippen LogP contribution is -2.14. The Morgan fingerprint density at radius 3 is 2.71 bits per heavy atom. The number of halogens is 1. The lowest BCUT2D eigenvalue weighted by atomic mass is 10.2. The number of esters is 1. The number of carbonyl (C=O) groups excluding carboxylic acids is 2. The minimum atomic E-state index is -0.452. The number of carbonyl (C=O) groups is 2. The number of amides is 1. The first-order valence-corrected chi connectivity index (χ1v) is 9.33. The van der Waals surface area contributed by atoms with Crippen LogP contribution in [0.15, 0.2) is 58.2 Å². The molecule has 0 unspecified atom stereocenters. The highest BCUT2D eigenvalue weighted by atomic mass is 32.2. The van der Waals surface area contributed by atoms with E-state index in [1.54, 1.807) is 31.2 Å². The van der Waals surface area contributed by atoms with E-state index in [9.17, 15) is 14.0 Å². The smallest absolute Gasteiger partial charge is 0.338 e. The van der Waals surface area contributed by atoms with E-state index >= 15 is 0 Å². The summed E-state index contributed by atoms with van der Waals surface area (Å²) in [7, 11) is 0. The van der Waals surface area contributed by atoms with Gasteiger partial charge >= 0.3 is 5.97 Å². The van der Waals surface area contributed by atoms with Crippen LogP contribution in [-0.4, -0.2) is 34.4 Å². The summed E-state index contributed by atoms with van der Waals surface area (Å²) in [6.45, 7) is 2.00. The van der Waals surface area contributed by atoms with Gasteiger partial charge in [-0.25, -0.2) is 9.18 Å². The fourth-order valence-electron chi connectivity index (χ4n) is 2.24. The van der Waals surface area contributed by atoms with Crippen LogP contribution in [0.4, 0.5) is 10.1 Å². The van der Waals surface area contributed by atoms with Gasteiger partial charge < -0.3 is 14.5 Å². The summed E-state index contributed by atoms with van der Waals surface area (Å²) in [5.74, 6) is -0.833. The Morgan fingerprint density at radius 1 is 1.18 bits per heavy atom. The predicted octanol–water partition coefficient (Wildman–Crippen LogP) is 3.78. The Labute approximate surface area is 164 Å². The topological polar surface area (TPSA) is 94.3 Å². The molecule has 0 aliphatic carbocycles. The molecule has 0 aliphatic rings. The summed E-state index contributed by atoms with van der Waals surface area (Å²) in [5.41, 5.74) is 1.42. The van der Waals surface area contributed by atoms with E-state index in [1.165, 1.54) is 24.3 Å². The summed E-state index contributed by atoms with van der Waals surface area (Å²) in [4.78, 5) is 23.9. The SMILES string of the molecule is CCOC(=O)c1cccc(NC(=O)CSc2nnc(-c3ccc(F)cc3)o2)c1. The second-order valence-corrected chi connectivity index (χ2v) is 6.44. The number of nitrogens with zero attached hydrogens (tertiary/aromatic N) is 2. The van der Waals surface area contributed by atoms with Gasteiger partial charge in [0.1, 0.15) is 5.82 Å². The monoisotopic (exact) mass is 401 g/mol. The lowest BCUT2D eigenvalue weighted by Gasteiger charge is -2.06. The van der Waals surface area contributed by atoms with Crippen molar-refractivity contribution < 1.29 is 23.1 Å². The van der Waals surface area contributed by atoms with Crippen molar-refractivity contribution in [2.24, 2.45) is 0 Å². The zero-order valence-corrected chi connectivity index (χ0v) is 15.7. The van der Waals surface area contributed by atoms with Gasteiger partial charge in [0.25, 0.3) is 5.22 Å². The van der Waals surface area contributed by atoms with Crippen molar-refractivity contribution >= 4 is 29.3 Å². The number of hydrogen-bond acceptors (Lipinski definition) is 7. The minimum absolute atomic E-state index is 0.0364. The third kappa shape index (κ3) is 5.17. The van der Waals surface area contributed by atoms with Gasteiger partial charge in [0.15, 0.2) is 0 Å². The van der Waals surface area contributed by atoms with Crippen molar-refractivity contribution in [2.75, 3.05) is 17.7 Å². The number of nitrogens with one attached hydrogen (secondary N) is 1. The van der Waals surface area contributed by atoms with E-state index in [0.717, 1.165) is 11.8 Å². The van der Waals surface area contributed by atoms with Crippen LogP contribution in [0.3, 0.4) is 0 Å². The summed E-state index contributed by atoms with van der Waals surface area (Å²) >= 11 is 1.07. The molecule has 2 aromatic carbocycles. The molecule has 1 amide bonds. The van der Waals surface area contributed by atoms with Gasteiger partial charge in [0.05, 0.1) is 17.9 Å². The van der Waals surface area contributed by atoms with Crippen LogP contribution in [0.5, 0.6) is 0 Å². The van der Waals surface area contributed by atoms with E-state index in [2.05, 4.69) is 15.5 Å². The molecular weight excluding hydrogens is 385 g/mol. The Hall–Kier alpha value is -3.20. The van der Waals surface area contributed by atoms with E-state index in [1.807, 2.05) is 0 Å². The number of thioether (sulfide) groups is 1. The molecule has 0 fully saturated rings. The highest BCUT2D eigenvalue weighted by Crippen LogP contribution is 2.23. The first kappa shape index (κ1) is 19.6. The molecule has 3 rings (SSSR count). The molecule has 1 heterocycles. The highest BCUT2D eigenvalue weighted by Gasteiger charge is 2.12. The van der Waals surface area contributed by atoms with Crippen molar-refractivity contribution in [3.8, 4) is 11.5 Å². The Bertz CT molecular complexity index is 975. The maximum absolute atomic E-state index is 13.0. The number of ether oxygens (including phenoxy) is 1. The van der Waals surface area contributed by atoms with Crippen molar-refractivity contribution in [3.63, 3.8) is 0 Å². The van der Waals surface area contributed by atoms with Crippen molar-refractivity contribution in [1.29, 1.82) is 0 Å². The quantitative estimate of drug-likeness (QED) is 0.475. The van der Waals surface area contributed by atoms with E-state index in [4.69, 9.17) is 9.15 Å². The van der Waals surface area contributed by atoms with Gasteiger partial charge in [0.2, 0.25) is 11.8 Å². The molecule has 0 atom stereocenters. The van der Waals surface area contributed by atoms with Gasteiger partial charge in [-0.05, 0) is 49.4 Å². The number of aromatic nitrogens is 2. The van der Waals surface area contributed by atoms with Crippen LogP contribution in [0.2, 0.25) is 0 Å². The predicted molar refractivity (Wildman–Crippen MR) is 101 cm³/mol. The molecule has 0 saturated carbocycles. The molecule has 0 saturated heterocycles. The first-order valence-electron chi connectivity index (χ1n) is 8.34. The van der Waals surface area contributed by atoms with Gasteiger partial charge in [-0.2, -0.15) is 0 Å². The van der Waals surface area contributed by atoms with Gasteiger partial charge in [-0.3, -0.25) is 4.79 Å². The molecular formula is C19H16FN3O4S. The van der Waals surface area contributed by atoms with Crippen molar-refractivity contribution in [2.45, 2.75) is 12.1 Å². The van der Waals surface area contributed by atoms with E-state index in [-0.39, 0.29) is 35.2 Å². The molecule has 144 valence electrons. The van der Waals surface area contributed by atoms with Crippen LogP contribution in [-0.2, 0) is 9.53 Å². The summed E-state index contributed by atoms with van der Waals surface area (Å²) in [6, 6.07) is 12.1. The zero-order valence-electron chi connectivity index (χ0n) is 14.8. The molecule has 3 aromatic rings. The average molecular weight is 401 g/mol. The Morgan fingerprint density at radius 2 is 1.96 bits per heavy atom. The second kappa shape index (κ2) is 9.14. The van der Waals surface area contributed by atoms with E-state index in [0.29, 0.717) is 16.8 Å². The number of hydrogen-bond donors (Lipinski definition) is 1. The standard InChI is InChI=1S/C19H16FN3O4S/c1-2-26-18(25)13-4-3-5-15(10-13)21-16(24)11-28-19-23-22-17(27-19)12-6-8-14(20)9-7-12/h3-10H,2,11H2,1H3,(H,21,24). The van der Waals surface area contributed by atoms with Crippen LogP contribution < -0.4 is 5.32 Å². The van der Waals surface area contributed by atoms with Gasteiger partial charge in [-0.15, -0.1) is 10.2 Å². The normalized spacial score (nSPS) is 10.5. The maximum Gasteiger partial charge on any atom is 0.338 e. The van der Waals surface area contributed by atoms with Crippen LogP contribution in [0.25, 0.3) is 11.5 Å². The Kier molecular flexibility index (Phi) is 6.38. The third-order valence-corrected chi connectivity index (χ3v) is 4.30. The molecule has 1 N–H and O–H groups in total. The fourth-order valence-corrected chi connectivity index (χ4v) is 2.80. The summed E-state index contributed by atoms with van der Waals surface area (Å²) in [6.07, 6.45) is 0. The summed E-state index contributed by atoms with van der Waals surface area (Å²) in [5, 5.41) is 10.7. The van der Waals surface area contributed by atoms with Crippen LogP contribution in [0.1, 0.15) is 17.3 Å².